The van der Waals surface area contributed by atoms with Gasteiger partial charge in [0.05, 0.1) is 0 Å². The fourth-order valence-electron chi connectivity index (χ4n) is 2.19. The van der Waals surface area contributed by atoms with E-state index in [1.165, 1.54) is 19.1 Å². The minimum atomic E-state index is -0.895. The van der Waals surface area contributed by atoms with Crippen molar-refractivity contribution in [2.45, 2.75) is 6.92 Å². The normalized spacial score (nSPS) is 10.8. The van der Waals surface area contributed by atoms with Gasteiger partial charge in [0.1, 0.15) is 30.6 Å². The van der Waals surface area contributed by atoms with Crippen LogP contribution in [0.25, 0.3) is 6.08 Å². The molecule has 1 rings (SSSR count). The molecule has 0 atom stereocenters. The minimum Gasteiger partial charge on any atom is -0.507 e. The van der Waals surface area contributed by atoms with E-state index < -0.39 is 11.9 Å². The molecule has 0 spiro atoms. The summed E-state index contributed by atoms with van der Waals surface area (Å²) in [5, 5.41) is 19.5. The predicted octanol–water partition coefficient (Wildman–Crippen LogP) is 3.25. The van der Waals surface area contributed by atoms with E-state index in [2.05, 4.69) is 6.58 Å². The molecule has 1 aromatic rings. The third-order valence-corrected chi connectivity index (χ3v) is 3.96. The first-order valence-electron chi connectivity index (χ1n) is 8.65. The van der Waals surface area contributed by atoms with Crippen molar-refractivity contribution in [1.82, 2.24) is 0 Å². The molecule has 156 valence electrons. The standard InChI is InChI=1S/C20H22Cl2N2O5/c1-14(2)19(26)28-9-10-29-20(27)16(13-23)11-15-3-4-17(12-18(15)25)24(7-5-21)8-6-22/h3-4,11-12,25H,1,5-10H2,2H3. The van der Waals surface area contributed by atoms with Crippen LogP contribution >= 0.6 is 23.2 Å². The van der Waals surface area contributed by atoms with Crippen LogP contribution in [0.5, 0.6) is 5.75 Å². The third kappa shape index (κ3) is 8.06. The van der Waals surface area contributed by atoms with Crippen molar-refractivity contribution in [3.63, 3.8) is 0 Å². The number of nitriles is 1. The first-order chi connectivity index (χ1) is 13.8. The Morgan fingerprint density at radius 3 is 2.28 bits per heavy atom. The number of ether oxygens (including phenoxy) is 2. The lowest BCUT2D eigenvalue weighted by atomic mass is 10.1. The number of aromatic hydroxyl groups is 1. The summed E-state index contributed by atoms with van der Waals surface area (Å²) in [6.45, 7) is 5.65. The minimum absolute atomic E-state index is 0.118. The summed E-state index contributed by atoms with van der Waals surface area (Å²) in [7, 11) is 0. The van der Waals surface area contributed by atoms with Crippen LogP contribution in [0.4, 0.5) is 5.69 Å². The molecule has 29 heavy (non-hydrogen) atoms. The number of hydrogen-bond acceptors (Lipinski definition) is 7. The highest BCUT2D eigenvalue weighted by molar-refractivity contribution is 6.18. The van der Waals surface area contributed by atoms with Gasteiger partial charge in [-0.1, -0.05) is 6.58 Å². The highest BCUT2D eigenvalue weighted by Crippen LogP contribution is 2.27. The molecule has 0 bridgehead atoms. The Balaban J connectivity index is 2.82. The maximum Gasteiger partial charge on any atom is 0.349 e. The molecule has 0 fully saturated rings. The number of halogens is 2. The second-order valence-corrected chi connectivity index (χ2v) is 6.59. The fourth-order valence-corrected chi connectivity index (χ4v) is 2.59. The van der Waals surface area contributed by atoms with Gasteiger partial charge in [-0.15, -0.1) is 23.2 Å². The van der Waals surface area contributed by atoms with Gasteiger partial charge in [0, 0.05) is 47.7 Å². The van der Waals surface area contributed by atoms with Gasteiger partial charge in [-0.3, -0.25) is 0 Å². The third-order valence-electron chi connectivity index (χ3n) is 3.63. The molecule has 0 aromatic heterocycles. The Morgan fingerprint density at radius 1 is 1.21 bits per heavy atom. The summed E-state index contributed by atoms with van der Waals surface area (Å²) in [6.07, 6.45) is 1.22. The number of rotatable bonds is 11. The fraction of sp³-hybridized carbons (Fsp3) is 0.350. The average molecular weight is 441 g/mol. The van der Waals surface area contributed by atoms with Crippen molar-refractivity contribution >= 4 is 46.9 Å². The van der Waals surface area contributed by atoms with Crippen LogP contribution in [0.1, 0.15) is 12.5 Å². The van der Waals surface area contributed by atoms with Crippen LogP contribution in [0.2, 0.25) is 0 Å². The lowest BCUT2D eigenvalue weighted by Gasteiger charge is -2.23. The van der Waals surface area contributed by atoms with Crippen molar-refractivity contribution in [2.75, 3.05) is 43.0 Å². The highest BCUT2D eigenvalue weighted by Gasteiger charge is 2.14. The van der Waals surface area contributed by atoms with Crippen LogP contribution in [-0.2, 0) is 19.1 Å². The molecule has 1 N–H and O–H groups in total. The Morgan fingerprint density at radius 2 is 1.79 bits per heavy atom. The molecule has 0 saturated heterocycles. The van der Waals surface area contributed by atoms with Crippen LogP contribution in [0.3, 0.4) is 0 Å². The lowest BCUT2D eigenvalue weighted by molar-refractivity contribution is -0.147. The van der Waals surface area contributed by atoms with E-state index >= 15 is 0 Å². The molecule has 0 radical (unpaired) electrons. The second kappa shape index (κ2) is 12.7. The molecule has 0 aliphatic heterocycles. The summed E-state index contributed by atoms with van der Waals surface area (Å²) in [6, 6.07) is 6.53. The molecule has 0 aliphatic carbocycles. The van der Waals surface area contributed by atoms with Gasteiger partial charge in [-0.05, 0) is 25.1 Å². The number of alkyl halides is 2. The van der Waals surface area contributed by atoms with Gasteiger partial charge in [-0.25, -0.2) is 9.59 Å². The number of nitrogens with zero attached hydrogens (tertiary/aromatic N) is 2. The summed E-state index contributed by atoms with van der Waals surface area (Å²) in [5.41, 5.74) is 0.898. The Bertz CT molecular complexity index is 812. The predicted molar refractivity (Wildman–Crippen MR) is 112 cm³/mol. The van der Waals surface area contributed by atoms with Crippen molar-refractivity contribution in [3.05, 3.63) is 41.5 Å². The SMILES string of the molecule is C=C(C)C(=O)OCCOC(=O)C(C#N)=Cc1ccc(N(CCCl)CCCl)cc1O. The molecular weight excluding hydrogens is 419 g/mol. The summed E-state index contributed by atoms with van der Waals surface area (Å²) in [4.78, 5) is 25.2. The van der Waals surface area contributed by atoms with Crippen LogP contribution < -0.4 is 4.90 Å². The average Bonchev–Trinajstić information content (AvgIpc) is 2.69. The lowest BCUT2D eigenvalue weighted by Crippen LogP contribution is -2.27. The Hall–Kier alpha value is -2.69. The molecule has 0 amide bonds. The van der Waals surface area contributed by atoms with E-state index in [4.69, 9.17) is 32.7 Å². The first-order valence-corrected chi connectivity index (χ1v) is 9.72. The largest absolute Gasteiger partial charge is 0.507 e. The van der Waals surface area contributed by atoms with E-state index in [-0.39, 0.29) is 35.7 Å². The van der Waals surface area contributed by atoms with Crippen molar-refractivity contribution in [3.8, 4) is 11.8 Å². The van der Waals surface area contributed by atoms with Crippen molar-refractivity contribution < 1.29 is 24.2 Å². The molecule has 1 aromatic carbocycles. The monoisotopic (exact) mass is 440 g/mol. The molecule has 0 saturated carbocycles. The number of carbonyl (C=O) groups excluding carboxylic acids is 2. The van der Waals surface area contributed by atoms with E-state index in [0.29, 0.717) is 30.5 Å². The zero-order valence-corrected chi connectivity index (χ0v) is 17.5. The molecule has 0 heterocycles. The molecule has 0 aliphatic rings. The number of carbonyl (C=O) groups is 2. The summed E-state index contributed by atoms with van der Waals surface area (Å²) < 4.78 is 9.71. The summed E-state index contributed by atoms with van der Waals surface area (Å²) in [5.74, 6) is -0.822. The zero-order valence-electron chi connectivity index (χ0n) is 16.0. The number of phenols is 1. The quantitative estimate of drug-likeness (QED) is 0.185. The van der Waals surface area contributed by atoms with Crippen molar-refractivity contribution in [2.24, 2.45) is 0 Å². The molecule has 7 nitrogen and oxygen atoms in total. The number of esters is 2. The van der Waals surface area contributed by atoms with Gasteiger partial charge in [0.2, 0.25) is 0 Å². The maximum atomic E-state index is 12.0. The summed E-state index contributed by atoms with van der Waals surface area (Å²) >= 11 is 11.6. The van der Waals surface area contributed by atoms with E-state index in [1.807, 2.05) is 4.90 Å². The van der Waals surface area contributed by atoms with Crippen LogP contribution in [0, 0.1) is 11.3 Å². The first kappa shape index (κ1) is 24.3. The van der Waals surface area contributed by atoms with Crippen LogP contribution in [-0.4, -0.2) is 55.1 Å². The van der Waals surface area contributed by atoms with E-state index in [1.54, 1.807) is 18.2 Å². The highest BCUT2D eigenvalue weighted by atomic mass is 35.5. The smallest absolute Gasteiger partial charge is 0.349 e. The number of benzene rings is 1. The molecule has 9 heteroatoms. The number of anilines is 1. The van der Waals surface area contributed by atoms with Gasteiger partial charge in [0.15, 0.2) is 0 Å². The van der Waals surface area contributed by atoms with Gasteiger partial charge in [0.25, 0.3) is 0 Å². The second-order valence-electron chi connectivity index (χ2n) is 5.83. The Labute approximate surface area is 179 Å². The Kier molecular flexibility index (Phi) is 10.7. The number of phenolic OH excluding ortho intramolecular Hbond substituents is 1. The van der Waals surface area contributed by atoms with Crippen molar-refractivity contribution in [1.29, 1.82) is 5.26 Å². The number of hydrogen-bond donors (Lipinski definition) is 1. The van der Waals surface area contributed by atoms with Crippen LogP contribution in [0.15, 0.2) is 35.9 Å². The maximum absolute atomic E-state index is 12.0. The van der Waals surface area contributed by atoms with E-state index in [0.717, 1.165) is 0 Å². The molecule has 0 unspecified atom stereocenters. The van der Waals surface area contributed by atoms with Gasteiger partial charge >= 0.3 is 11.9 Å². The van der Waals surface area contributed by atoms with Gasteiger partial charge in [-0.2, -0.15) is 5.26 Å². The zero-order chi connectivity index (χ0) is 21.8. The molecular formula is C20H22Cl2N2O5. The topological polar surface area (TPSA) is 99.9 Å². The van der Waals surface area contributed by atoms with E-state index in [9.17, 15) is 20.0 Å². The van der Waals surface area contributed by atoms with Gasteiger partial charge < -0.3 is 19.5 Å².